The molecule has 0 saturated carbocycles. The molecule has 15 heavy (non-hydrogen) atoms. The van der Waals surface area contributed by atoms with Gasteiger partial charge in [-0.1, -0.05) is 12.2 Å². The maximum Gasteiger partial charge on any atom is 0.315 e. The molecule has 0 unspecified atom stereocenters. The van der Waals surface area contributed by atoms with Gasteiger partial charge in [-0.25, -0.2) is 4.79 Å². The minimum absolute atomic E-state index is 0.0886. The molecule has 84 valence electrons. The van der Waals surface area contributed by atoms with Gasteiger partial charge in [0.25, 0.3) is 0 Å². The summed E-state index contributed by atoms with van der Waals surface area (Å²) in [7, 11) is 0. The summed E-state index contributed by atoms with van der Waals surface area (Å²) >= 11 is 0. The Hall–Kier alpha value is -1.52. The fraction of sp³-hybridized carbons (Fsp3) is 0.600. The fourth-order valence-electron chi connectivity index (χ4n) is 1.41. The lowest BCUT2D eigenvalue weighted by Gasteiger charge is -2.12. The molecule has 0 spiro atoms. The molecule has 5 nitrogen and oxygen atoms in total. The minimum atomic E-state index is -0.836. The number of carboxylic acids is 1. The molecular weight excluding hydrogens is 196 g/mol. The van der Waals surface area contributed by atoms with Crippen molar-refractivity contribution in [1.82, 2.24) is 10.6 Å². The van der Waals surface area contributed by atoms with E-state index in [0.29, 0.717) is 13.0 Å². The summed E-state index contributed by atoms with van der Waals surface area (Å²) in [6, 6.07) is -0.0152. The number of urea groups is 1. The van der Waals surface area contributed by atoms with E-state index in [1.54, 1.807) is 0 Å². The second-order valence-electron chi connectivity index (χ2n) is 3.54. The molecular formula is C10H16N2O3. The van der Waals surface area contributed by atoms with Crippen LogP contribution in [0.5, 0.6) is 0 Å². The van der Waals surface area contributed by atoms with Crippen LogP contribution in [0.4, 0.5) is 4.79 Å². The predicted molar refractivity (Wildman–Crippen MR) is 55.6 cm³/mol. The van der Waals surface area contributed by atoms with Crippen LogP contribution in [0.15, 0.2) is 12.2 Å². The van der Waals surface area contributed by atoms with Crippen molar-refractivity contribution in [1.29, 1.82) is 0 Å². The van der Waals surface area contributed by atoms with Crippen molar-refractivity contribution < 1.29 is 14.7 Å². The highest BCUT2D eigenvalue weighted by molar-refractivity contribution is 5.74. The number of aliphatic carboxylic acids is 1. The summed E-state index contributed by atoms with van der Waals surface area (Å²) in [5.41, 5.74) is 0. The number of carbonyl (C=O) groups excluding carboxylic acids is 1. The van der Waals surface area contributed by atoms with Gasteiger partial charge in [-0.3, -0.25) is 4.79 Å². The number of carboxylic acid groups (broad SMARTS) is 1. The van der Waals surface area contributed by atoms with Crippen molar-refractivity contribution in [3.8, 4) is 0 Å². The second kappa shape index (κ2) is 6.06. The van der Waals surface area contributed by atoms with Crippen molar-refractivity contribution >= 4 is 12.0 Å². The van der Waals surface area contributed by atoms with E-state index in [0.717, 1.165) is 12.8 Å². The van der Waals surface area contributed by atoms with Crippen LogP contribution in [0.3, 0.4) is 0 Å². The van der Waals surface area contributed by atoms with E-state index in [-0.39, 0.29) is 18.5 Å². The second-order valence-corrected chi connectivity index (χ2v) is 3.54. The number of hydrogen-bond acceptors (Lipinski definition) is 2. The zero-order chi connectivity index (χ0) is 11.1. The van der Waals surface area contributed by atoms with Crippen molar-refractivity contribution in [2.45, 2.75) is 31.7 Å². The zero-order valence-corrected chi connectivity index (χ0v) is 8.53. The Morgan fingerprint density at radius 2 is 2.00 bits per heavy atom. The lowest BCUT2D eigenvalue weighted by Crippen LogP contribution is -2.41. The first-order chi connectivity index (χ1) is 7.18. The van der Waals surface area contributed by atoms with Crippen LogP contribution in [-0.4, -0.2) is 29.7 Å². The van der Waals surface area contributed by atoms with E-state index in [1.165, 1.54) is 0 Å². The molecule has 0 aromatic carbocycles. The van der Waals surface area contributed by atoms with Gasteiger partial charge in [0.15, 0.2) is 0 Å². The highest BCUT2D eigenvalue weighted by atomic mass is 16.4. The third kappa shape index (κ3) is 5.05. The van der Waals surface area contributed by atoms with Gasteiger partial charge in [0, 0.05) is 19.0 Å². The smallest absolute Gasteiger partial charge is 0.315 e. The summed E-state index contributed by atoms with van der Waals surface area (Å²) in [5.74, 6) is -0.836. The minimum Gasteiger partial charge on any atom is -0.481 e. The van der Waals surface area contributed by atoms with Gasteiger partial charge in [-0.05, 0) is 19.3 Å². The summed E-state index contributed by atoms with van der Waals surface area (Å²) < 4.78 is 0. The summed E-state index contributed by atoms with van der Waals surface area (Å²) in [4.78, 5) is 21.4. The number of amides is 2. The van der Waals surface area contributed by atoms with Gasteiger partial charge in [0.1, 0.15) is 0 Å². The normalized spacial score (nSPS) is 15.2. The molecule has 2 amide bonds. The quantitative estimate of drug-likeness (QED) is 0.467. The van der Waals surface area contributed by atoms with E-state index in [1.807, 2.05) is 12.2 Å². The molecule has 0 fully saturated rings. The Morgan fingerprint density at radius 3 is 2.60 bits per heavy atom. The molecule has 0 heterocycles. The van der Waals surface area contributed by atoms with Crippen LogP contribution in [-0.2, 0) is 4.79 Å². The number of nitrogens with one attached hydrogen (secondary N) is 2. The van der Waals surface area contributed by atoms with Crippen molar-refractivity contribution in [3.63, 3.8) is 0 Å². The highest BCUT2D eigenvalue weighted by Crippen LogP contribution is 2.08. The first kappa shape index (κ1) is 11.6. The fourth-order valence-corrected chi connectivity index (χ4v) is 1.41. The maximum atomic E-state index is 11.2. The van der Waals surface area contributed by atoms with Crippen LogP contribution >= 0.6 is 0 Å². The van der Waals surface area contributed by atoms with Crippen LogP contribution in [0.25, 0.3) is 0 Å². The van der Waals surface area contributed by atoms with Crippen molar-refractivity contribution in [2.75, 3.05) is 6.54 Å². The summed E-state index contributed by atoms with van der Waals surface area (Å²) in [6.45, 7) is 0.401. The van der Waals surface area contributed by atoms with Gasteiger partial charge in [-0.2, -0.15) is 0 Å². The first-order valence-corrected chi connectivity index (χ1v) is 5.09. The average molecular weight is 212 g/mol. The Morgan fingerprint density at radius 1 is 1.33 bits per heavy atom. The monoisotopic (exact) mass is 212 g/mol. The lowest BCUT2D eigenvalue weighted by atomic mass is 10.2. The van der Waals surface area contributed by atoms with E-state index >= 15 is 0 Å². The number of hydrogen-bond donors (Lipinski definition) is 3. The van der Waals surface area contributed by atoms with Gasteiger partial charge < -0.3 is 15.7 Å². The third-order valence-electron chi connectivity index (χ3n) is 2.20. The van der Waals surface area contributed by atoms with Crippen LogP contribution in [0.1, 0.15) is 25.7 Å². The Balaban J connectivity index is 2.01. The molecule has 0 bridgehead atoms. The Kier molecular flexibility index (Phi) is 4.66. The van der Waals surface area contributed by atoms with Crippen LogP contribution in [0.2, 0.25) is 0 Å². The average Bonchev–Trinajstić information content (AvgIpc) is 2.64. The van der Waals surface area contributed by atoms with Gasteiger partial charge in [-0.15, -0.1) is 0 Å². The van der Waals surface area contributed by atoms with Gasteiger partial charge >= 0.3 is 12.0 Å². The van der Waals surface area contributed by atoms with Crippen LogP contribution in [0, 0.1) is 0 Å². The lowest BCUT2D eigenvalue weighted by molar-refractivity contribution is -0.137. The molecule has 5 heteroatoms. The maximum absolute atomic E-state index is 11.2. The summed E-state index contributed by atoms with van der Waals surface area (Å²) in [6.07, 6.45) is 6.38. The number of rotatable bonds is 5. The molecule has 0 aromatic heterocycles. The van der Waals surface area contributed by atoms with E-state index in [9.17, 15) is 9.59 Å². The van der Waals surface area contributed by atoms with E-state index in [4.69, 9.17) is 5.11 Å². The largest absolute Gasteiger partial charge is 0.481 e. The molecule has 1 rings (SSSR count). The number of carbonyl (C=O) groups is 2. The predicted octanol–water partition coefficient (Wildman–Crippen LogP) is 0.869. The molecule has 0 saturated heterocycles. The van der Waals surface area contributed by atoms with Crippen molar-refractivity contribution in [3.05, 3.63) is 12.2 Å². The zero-order valence-electron chi connectivity index (χ0n) is 8.53. The Bertz CT molecular complexity index is 255. The molecule has 0 radical (unpaired) electrons. The van der Waals surface area contributed by atoms with Crippen molar-refractivity contribution in [2.24, 2.45) is 0 Å². The molecule has 0 aliphatic heterocycles. The SMILES string of the molecule is O=C(O)CCCNC(=O)NC1CC=CC1. The van der Waals surface area contributed by atoms with Gasteiger partial charge in [0.05, 0.1) is 0 Å². The van der Waals surface area contributed by atoms with E-state index < -0.39 is 5.97 Å². The molecule has 0 aromatic rings. The molecule has 3 N–H and O–H groups in total. The van der Waals surface area contributed by atoms with E-state index in [2.05, 4.69) is 10.6 Å². The van der Waals surface area contributed by atoms with Crippen LogP contribution < -0.4 is 10.6 Å². The third-order valence-corrected chi connectivity index (χ3v) is 2.20. The topological polar surface area (TPSA) is 78.4 Å². The first-order valence-electron chi connectivity index (χ1n) is 5.09. The molecule has 1 aliphatic rings. The van der Waals surface area contributed by atoms with Gasteiger partial charge in [0.2, 0.25) is 0 Å². The summed E-state index contributed by atoms with van der Waals surface area (Å²) in [5, 5.41) is 13.8. The Labute approximate surface area is 88.5 Å². The molecule has 0 atom stereocenters. The standard InChI is InChI=1S/C10H16N2O3/c13-9(14)6-3-7-11-10(15)12-8-4-1-2-5-8/h1-2,8H,3-7H2,(H,13,14)(H2,11,12,15). The molecule has 1 aliphatic carbocycles. The highest BCUT2D eigenvalue weighted by Gasteiger charge is 2.12.